The second-order valence-electron chi connectivity index (χ2n) is 3.25. The number of hydrogen-bond acceptors (Lipinski definition) is 3. The minimum absolute atomic E-state index is 0.0148. The van der Waals surface area contributed by atoms with E-state index in [4.69, 9.17) is 11.0 Å². The number of nitrogens with two attached hydrogens (primary N) is 1. The van der Waals surface area contributed by atoms with E-state index in [-0.39, 0.29) is 17.2 Å². The van der Waals surface area contributed by atoms with E-state index >= 15 is 0 Å². The van der Waals surface area contributed by atoms with Gasteiger partial charge in [0, 0.05) is 18.5 Å². The average Bonchev–Trinajstić information content (AvgIpc) is 2.28. The van der Waals surface area contributed by atoms with E-state index in [0.29, 0.717) is 19.4 Å². The van der Waals surface area contributed by atoms with Crippen LogP contribution >= 0.6 is 0 Å². The van der Waals surface area contributed by atoms with E-state index in [0.717, 1.165) is 6.07 Å². The number of halogens is 1. The first-order chi connectivity index (χ1) is 7.65. The predicted octanol–water partition coefficient (Wildman–Crippen LogP) is 1.44. The molecule has 5 heteroatoms. The van der Waals surface area contributed by atoms with Gasteiger partial charge in [-0.3, -0.25) is 4.79 Å². The van der Waals surface area contributed by atoms with Crippen LogP contribution in [-0.2, 0) is 0 Å². The second kappa shape index (κ2) is 5.71. The Kier molecular flexibility index (Phi) is 4.28. The molecule has 0 heterocycles. The number of hydrogen-bond donors (Lipinski definition) is 2. The van der Waals surface area contributed by atoms with Gasteiger partial charge in [-0.25, -0.2) is 4.39 Å². The van der Waals surface area contributed by atoms with E-state index in [1.807, 2.05) is 6.07 Å². The van der Waals surface area contributed by atoms with Gasteiger partial charge in [0.2, 0.25) is 0 Å². The summed E-state index contributed by atoms with van der Waals surface area (Å²) in [6.07, 6.45) is 0.968. The summed E-state index contributed by atoms with van der Waals surface area (Å²) in [5.41, 5.74) is 5.53. The molecular formula is C11H12FN3O. The number of unbranched alkanes of at least 4 members (excludes halogenated alkanes) is 1. The highest BCUT2D eigenvalue weighted by atomic mass is 19.1. The molecule has 0 aromatic heterocycles. The summed E-state index contributed by atoms with van der Waals surface area (Å²) in [6.45, 7) is 0.401. The maximum atomic E-state index is 13.0. The van der Waals surface area contributed by atoms with Gasteiger partial charge in [-0.1, -0.05) is 0 Å². The van der Waals surface area contributed by atoms with E-state index in [2.05, 4.69) is 5.32 Å². The van der Waals surface area contributed by atoms with Crippen molar-refractivity contribution in [1.29, 1.82) is 5.26 Å². The summed E-state index contributed by atoms with van der Waals surface area (Å²) >= 11 is 0. The molecule has 4 nitrogen and oxygen atoms in total. The van der Waals surface area contributed by atoms with E-state index in [1.54, 1.807) is 0 Å². The Labute approximate surface area is 92.9 Å². The maximum Gasteiger partial charge on any atom is 0.251 e. The topological polar surface area (TPSA) is 78.9 Å². The molecule has 0 radical (unpaired) electrons. The Balaban J connectivity index is 2.53. The third-order valence-electron chi connectivity index (χ3n) is 2.01. The number of rotatable bonds is 4. The molecule has 3 N–H and O–H groups in total. The Hall–Kier alpha value is -2.09. The molecule has 0 unspecified atom stereocenters. The van der Waals surface area contributed by atoms with Crippen LogP contribution in [0.25, 0.3) is 0 Å². The molecule has 0 aliphatic heterocycles. The van der Waals surface area contributed by atoms with Gasteiger partial charge in [0.25, 0.3) is 5.91 Å². The van der Waals surface area contributed by atoms with Crippen LogP contribution in [0.15, 0.2) is 18.2 Å². The fraction of sp³-hybridized carbons (Fsp3) is 0.273. The lowest BCUT2D eigenvalue weighted by atomic mass is 10.2. The number of nitrogens with zero attached hydrogens (tertiary/aromatic N) is 1. The van der Waals surface area contributed by atoms with E-state index < -0.39 is 5.82 Å². The van der Waals surface area contributed by atoms with Crippen LogP contribution in [0.5, 0.6) is 0 Å². The Morgan fingerprint density at radius 2 is 2.31 bits per heavy atom. The second-order valence-corrected chi connectivity index (χ2v) is 3.25. The minimum atomic E-state index is -0.607. The Morgan fingerprint density at radius 3 is 2.94 bits per heavy atom. The van der Waals surface area contributed by atoms with E-state index in [1.165, 1.54) is 12.1 Å². The number of nitrogens with one attached hydrogen (secondary N) is 1. The molecule has 0 spiro atoms. The van der Waals surface area contributed by atoms with Gasteiger partial charge in [0.15, 0.2) is 0 Å². The third-order valence-corrected chi connectivity index (χ3v) is 2.01. The van der Waals surface area contributed by atoms with Crippen LogP contribution in [0.3, 0.4) is 0 Å². The van der Waals surface area contributed by atoms with Crippen LogP contribution in [0.1, 0.15) is 23.2 Å². The van der Waals surface area contributed by atoms with Crippen LogP contribution < -0.4 is 11.1 Å². The number of nitriles is 1. The molecule has 1 aromatic carbocycles. The summed E-state index contributed by atoms with van der Waals surface area (Å²) in [4.78, 5) is 11.5. The minimum Gasteiger partial charge on any atom is -0.396 e. The lowest BCUT2D eigenvalue weighted by Crippen LogP contribution is -2.24. The molecule has 0 saturated carbocycles. The lowest BCUT2D eigenvalue weighted by Gasteiger charge is -2.04. The van der Waals surface area contributed by atoms with Crippen molar-refractivity contribution in [3.05, 3.63) is 29.6 Å². The summed E-state index contributed by atoms with van der Waals surface area (Å²) in [5, 5.41) is 10.9. The zero-order chi connectivity index (χ0) is 12.0. The smallest absolute Gasteiger partial charge is 0.251 e. The first-order valence-corrected chi connectivity index (χ1v) is 4.85. The third kappa shape index (κ3) is 3.24. The van der Waals surface area contributed by atoms with Crippen molar-refractivity contribution in [3.63, 3.8) is 0 Å². The molecule has 0 bridgehead atoms. The predicted molar refractivity (Wildman–Crippen MR) is 58.0 cm³/mol. The van der Waals surface area contributed by atoms with Crippen molar-refractivity contribution in [2.75, 3.05) is 12.3 Å². The van der Waals surface area contributed by atoms with Crippen molar-refractivity contribution in [2.45, 2.75) is 12.8 Å². The number of benzene rings is 1. The Bertz CT molecular complexity index is 426. The fourth-order valence-electron chi connectivity index (χ4n) is 1.14. The Morgan fingerprint density at radius 1 is 1.56 bits per heavy atom. The van der Waals surface area contributed by atoms with Gasteiger partial charge < -0.3 is 11.1 Å². The lowest BCUT2D eigenvalue weighted by molar-refractivity contribution is 0.0953. The average molecular weight is 221 g/mol. The first-order valence-electron chi connectivity index (χ1n) is 4.85. The number of nitrogen functional groups attached to an aromatic ring is 1. The molecular weight excluding hydrogens is 209 g/mol. The van der Waals surface area contributed by atoms with Crippen molar-refractivity contribution >= 4 is 11.6 Å². The molecule has 0 atom stereocenters. The van der Waals surface area contributed by atoms with Crippen LogP contribution in [-0.4, -0.2) is 12.5 Å². The van der Waals surface area contributed by atoms with Gasteiger partial charge in [-0.2, -0.15) is 5.26 Å². The molecule has 16 heavy (non-hydrogen) atoms. The summed E-state index contributed by atoms with van der Waals surface area (Å²) in [6, 6.07) is 5.87. The molecule has 0 saturated heterocycles. The van der Waals surface area contributed by atoms with Gasteiger partial charge >= 0.3 is 0 Å². The van der Waals surface area contributed by atoms with Crippen molar-refractivity contribution in [1.82, 2.24) is 5.32 Å². The number of carbonyl (C=O) groups is 1. The van der Waals surface area contributed by atoms with Crippen molar-refractivity contribution in [2.24, 2.45) is 0 Å². The maximum absolute atomic E-state index is 13.0. The van der Waals surface area contributed by atoms with Gasteiger partial charge in [-0.05, 0) is 24.6 Å². The monoisotopic (exact) mass is 221 g/mol. The highest BCUT2D eigenvalue weighted by Gasteiger charge is 2.07. The SMILES string of the molecule is N#CCCCNC(=O)c1ccc(N)c(F)c1. The number of anilines is 1. The highest BCUT2D eigenvalue weighted by molar-refractivity contribution is 5.94. The normalized spacial score (nSPS) is 9.50. The van der Waals surface area contributed by atoms with Crippen molar-refractivity contribution in [3.8, 4) is 6.07 Å². The number of amides is 1. The summed E-state index contributed by atoms with van der Waals surface area (Å²) in [5.74, 6) is -0.971. The van der Waals surface area contributed by atoms with Gasteiger partial charge in [0.05, 0.1) is 11.8 Å². The van der Waals surface area contributed by atoms with Crippen LogP contribution in [0.2, 0.25) is 0 Å². The zero-order valence-electron chi connectivity index (χ0n) is 8.66. The molecule has 0 aliphatic rings. The summed E-state index contributed by atoms with van der Waals surface area (Å²) in [7, 11) is 0. The number of carbonyl (C=O) groups excluding carboxylic acids is 1. The zero-order valence-corrected chi connectivity index (χ0v) is 8.66. The van der Waals surface area contributed by atoms with Crippen molar-refractivity contribution < 1.29 is 9.18 Å². The molecule has 1 rings (SSSR count). The molecule has 0 fully saturated rings. The molecule has 1 aromatic rings. The van der Waals surface area contributed by atoms with Crippen LogP contribution in [0.4, 0.5) is 10.1 Å². The highest BCUT2D eigenvalue weighted by Crippen LogP contribution is 2.11. The van der Waals surface area contributed by atoms with E-state index in [9.17, 15) is 9.18 Å². The molecule has 1 amide bonds. The largest absolute Gasteiger partial charge is 0.396 e. The van der Waals surface area contributed by atoms with Gasteiger partial charge in [0.1, 0.15) is 5.82 Å². The molecule has 84 valence electrons. The fourth-order valence-corrected chi connectivity index (χ4v) is 1.14. The summed E-state index contributed by atoms with van der Waals surface area (Å²) < 4.78 is 13.0. The quantitative estimate of drug-likeness (QED) is 0.596. The van der Waals surface area contributed by atoms with Crippen LogP contribution in [0, 0.1) is 17.1 Å². The van der Waals surface area contributed by atoms with Gasteiger partial charge in [-0.15, -0.1) is 0 Å². The standard InChI is InChI=1S/C11H12FN3O/c12-9-7-8(3-4-10(9)14)11(16)15-6-2-1-5-13/h3-4,7H,1-2,6,14H2,(H,15,16). The first kappa shape index (κ1) is 12.0. The molecule has 0 aliphatic carbocycles.